The van der Waals surface area contributed by atoms with Gasteiger partial charge >= 0.3 is 0 Å². The van der Waals surface area contributed by atoms with Crippen molar-refractivity contribution in [2.75, 3.05) is 9.80 Å². The van der Waals surface area contributed by atoms with Crippen LogP contribution in [0.1, 0.15) is 72.9 Å². The number of nitrogens with zero attached hydrogens (tertiary/aromatic N) is 2. The van der Waals surface area contributed by atoms with Gasteiger partial charge in [0.05, 0.1) is 5.41 Å². The lowest BCUT2D eigenvalue weighted by atomic mass is 9.67. The summed E-state index contributed by atoms with van der Waals surface area (Å²) in [5, 5.41) is 9.57. The first-order valence-corrected chi connectivity index (χ1v) is 27.8. The minimum Gasteiger partial charge on any atom is -0.456 e. The van der Waals surface area contributed by atoms with E-state index < -0.39 is 5.41 Å². The van der Waals surface area contributed by atoms with Crippen LogP contribution in [-0.2, 0) is 5.41 Å². The summed E-state index contributed by atoms with van der Waals surface area (Å²) >= 11 is 0. The van der Waals surface area contributed by atoms with E-state index in [0.29, 0.717) is 0 Å². The molecule has 0 amide bonds. The highest BCUT2D eigenvalue weighted by molar-refractivity contribution is 6.13. The third kappa shape index (κ3) is 6.55. The first-order valence-electron chi connectivity index (χ1n) is 27.8. The quantitative estimate of drug-likeness (QED) is 0.152. The first-order chi connectivity index (χ1) is 38.8. The molecule has 0 N–H and O–H groups in total. The van der Waals surface area contributed by atoms with Crippen molar-refractivity contribution in [3.05, 3.63) is 276 Å². The van der Waals surface area contributed by atoms with Gasteiger partial charge < -0.3 is 18.6 Å². The van der Waals surface area contributed by atoms with Crippen LogP contribution in [-0.4, -0.2) is 0 Å². The van der Waals surface area contributed by atoms with Gasteiger partial charge in [-0.25, -0.2) is 0 Å². The van der Waals surface area contributed by atoms with E-state index in [1.807, 2.05) is 12.1 Å². The monoisotopic (exact) mass is 1010 g/mol. The number of anilines is 6. The Labute approximate surface area is 459 Å². The van der Waals surface area contributed by atoms with E-state index in [2.05, 4.69) is 268 Å². The van der Waals surface area contributed by atoms with Crippen molar-refractivity contribution in [2.45, 2.75) is 44.9 Å². The van der Waals surface area contributed by atoms with Gasteiger partial charge in [0.2, 0.25) is 0 Å². The third-order valence-electron chi connectivity index (χ3n) is 17.3. The number of rotatable bonds is 8. The molecule has 0 bridgehead atoms. The van der Waals surface area contributed by atoms with Gasteiger partial charge in [-0.3, -0.25) is 0 Å². The van der Waals surface area contributed by atoms with Gasteiger partial charge in [0, 0.05) is 67.8 Å². The molecule has 4 nitrogen and oxygen atoms in total. The van der Waals surface area contributed by atoms with Crippen molar-refractivity contribution < 1.29 is 8.83 Å². The molecule has 16 rings (SSSR count). The van der Waals surface area contributed by atoms with Crippen LogP contribution in [0.2, 0.25) is 0 Å². The van der Waals surface area contributed by atoms with E-state index in [9.17, 15) is 0 Å². The second-order valence-electron chi connectivity index (χ2n) is 22.3. The van der Waals surface area contributed by atoms with Crippen LogP contribution in [0.5, 0.6) is 0 Å². The topological polar surface area (TPSA) is 32.8 Å². The highest BCUT2D eigenvalue weighted by Crippen LogP contribution is 2.66. The summed E-state index contributed by atoms with van der Waals surface area (Å²) in [6, 6.07) is 89.7. The summed E-state index contributed by atoms with van der Waals surface area (Å²) in [6.07, 6.45) is 0. The smallest absolute Gasteiger partial charge is 0.137 e. The molecule has 0 atom stereocenters. The number of hydrogen-bond acceptors (Lipinski definition) is 4. The SMILES string of the molecule is CC(C)c1cc2c(c3ccc(N(c4ccccc4)c4ccc5c(c4)oc4ccccc45)cc13)C1(c3ccccc3-c3ccccc31)c1c-2cc(C(C)C)c2cc(N(c3ccccc3)c3ccc4c(c3)oc3ccccc34)ccc12. The second-order valence-corrected chi connectivity index (χ2v) is 22.3. The van der Waals surface area contributed by atoms with E-state index in [4.69, 9.17) is 8.83 Å². The summed E-state index contributed by atoms with van der Waals surface area (Å²) in [6.45, 7) is 9.43. The molecular formula is C75H54N2O2. The van der Waals surface area contributed by atoms with Crippen molar-refractivity contribution in [3.63, 3.8) is 0 Å². The molecule has 12 aromatic carbocycles. The van der Waals surface area contributed by atoms with Crippen LogP contribution in [0, 0.1) is 0 Å². The summed E-state index contributed by atoms with van der Waals surface area (Å²) in [7, 11) is 0. The summed E-state index contributed by atoms with van der Waals surface area (Å²) < 4.78 is 13.1. The molecule has 2 aliphatic rings. The normalized spacial score (nSPS) is 13.1. The Bertz CT molecular complexity index is 4500. The number of hydrogen-bond donors (Lipinski definition) is 0. The van der Waals surface area contributed by atoms with Gasteiger partial charge in [-0.15, -0.1) is 0 Å². The van der Waals surface area contributed by atoms with Gasteiger partial charge in [-0.2, -0.15) is 0 Å². The average molecular weight is 1020 g/mol. The van der Waals surface area contributed by atoms with E-state index in [1.165, 1.54) is 77.2 Å². The van der Waals surface area contributed by atoms with Crippen LogP contribution in [0.4, 0.5) is 34.1 Å². The summed E-state index contributed by atoms with van der Waals surface area (Å²) in [5.74, 6) is 0.470. The zero-order chi connectivity index (χ0) is 52.7. The molecule has 4 heteroatoms. The Hall–Kier alpha value is -9.64. The fourth-order valence-electron chi connectivity index (χ4n) is 14.0. The van der Waals surface area contributed by atoms with Crippen LogP contribution in [0.3, 0.4) is 0 Å². The van der Waals surface area contributed by atoms with Gasteiger partial charge in [0.1, 0.15) is 22.3 Å². The van der Waals surface area contributed by atoms with E-state index >= 15 is 0 Å². The van der Waals surface area contributed by atoms with Gasteiger partial charge in [-0.05, 0) is 186 Å². The number of fused-ring (bicyclic) bond motifs is 20. The Balaban J connectivity index is 0.958. The zero-order valence-corrected chi connectivity index (χ0v) is 44.5. The third-order valence-corrected chi connectivity index (χ3v) is 17.3. The lowest BCUT2D eigenvalue weighted by Gasteiger charge is -2.34. The number of furan rings is 2. The molecule has 1 spiro atoms. The average Bonchev–Trinajstić information content (AvgIpc) is 1.93. The van der Waals surface area contributed by atoms with Gasteiger partial charge in [0.25, 0.3) is 0 Å². The van der Waals surface area contributed by atoms with Crippen LogP contribution < -0.4 is 9.80 Å². The molecule has 0 saturated heterocycles. The van der Waals surface area contributed by atoms with Crippen molar-refractivity contribution in [1.29, 1.82) is 0 Å². The largest absolute Gasteiger partial charge is 0.456 e. The molecule has 0 unspecified atom stereocenters. The van der Waals surface area contributed by atoms with Crippen molar-refractivity contribution in [2.24, 2.45) is 0 Å². The Morgan fingerprint density at radius 1 is 0.278 bits per heavy atom. The van der Waals surface area contributed by atoms with Crippen molar-refractivity contribution in [3.8, 4) is 22.3 Å². The Morgan fingerprint density at radius 3 is 1.06 bits per heavy atom. The van der Waals surface area contributed by atoms with E-state index in [0.717, 1.165) is 78.0 Å². The molecule has 0 fully saturated rings. The maximum atomic E-state index is 6.53. The van der Waals surface area contributed by atoms with Gasteiger partial charge in [0.15, 0.2) is 0 Å². The minimum absolute atomic E-state index is 0.235. The predicted octanol–water partition coefficient (Wildman–Crippen LogP) is 21.3. The number of benzene rings is 12. The molecule has 2 heterocycles. The molecular weight excluding hydrogens is 961 g/mol. The van der Waals surface area contributed by atoms with Crippen molar-refractivity contribution >= 4 is 99.5 Å². The maximum absolute atomic E-state index is 6.53. The molecule has 0 aliphatic heterocycles. The zero-order valence-electron chi connectivity index (χ0n) is 44.5. The molecule has 2 aliphatic carbocycles. The first kappa shape index (κ1) is 45.5. The van der Waals surface area contributed by atoms with E-state index in [1.54, 1.807) is 0 Å². The highest BCUT2D eigenvalue weighted by atomic mass is 16.3. The molecule has 376 valence electrons. The fraction of sp³-hybridized carbons (Fsp3) is 0.0933. The van der Waals surface area contributed by atoms with Crippen LogP contribution >= 0.6 is 0 Å². The summed E-state index contributed by atoms with van der Waals surface area (Å²) in [5.41, 5.74) is 22.6. The van der Waals surface area contributed by atoms with Crippen LogP contribution in [0.15, 0.2) is 251 Å². The molecule has 79 heavy (non-hydrogen) atoms. The fourth-order valence-corrected chi connectivity index (χ4v) is 14.0. The van der Waals surface area contributed by atoms with Crippen molar-refractivity contribution in [1.82, 2.24) is 0 Å². The lowest BCUT2D eigenvalue weighted by Crippen LogP contribution is -2.27. The molecule has 0 radical (unpaired) electrons. The van der Waals surface area contributed by atoms with Gasteiger partial charge in [-0.1, -0.05) is 161 Å². The number of para-hydroxylation sites is 4. The highest BCUT2D eigenvalue weighted by Gasteiger charge is 2.54. The molecule has 0 saturated carbocycles. The lowest BCUT2D eigenvalue weighted by molar-refractivity contribution is 0.668. The standard InChI is InChI=1S/C75H54N2O2/c1-45(2)61-43-65-66-44-62(46(3)4)64-40-50(77(48-21-9-6-10-22-48)52-32-36-58-56-26-14-18-30-70(56)79-72(58)42-52)34-38-60(64)74(66)75(67-27-15-11-23-53(67)54-24-12-16-28-68(54)75)73(65)59-37-33-49(39-63(59)61)76(47-19-7-5-8-20-47)51-31-35-57-55-25-13-17-29-69(55)78-71(57)41-51/h5-46H,1-4H3. The van der Waals surface area contributed by atoms with Crippen LogP contribution in [0.25, 0.3) is 87.7 Å². The van der Waals surface area contributed by atoms with E-state index in [-0.39, 0.29) is 11.8 Å². The second kappa shape index (κ2) is 17.2. The summed E-state index contributed by atoms with van der Waals surface area (Å²) in [4.78, 5) is 4.78. The maximum Gasteiger partial charge on any atom is 0.137 e. The molecule has 2 aromatic heterocycles. The predicted molar refractivity (Wildman–Crippen MR) is 330 cm³/mol. The minimum atomic E-state index is -0.626. The Kier molecular flexibility index (Phi) is 9.91. The Morgan fingerprint density at radius 2 is 0.633 bits per heavy atom. The molecule has 14 aromatic rings.